The second kappa shape index (κ2) is 11.4. The van der Waals surface area contributed by atoms with E-state index in [1.165, 1.54) is 6.42 Å². The van der Waals surface area contributed by atoms with Crippen molar-refractivity contribution in [1.82, 2.24) is 9.88 Å². The van der Waals surface area contributed by atoms with Gasteiger partial charge in [-0.15, -0.1) is 0 Å². The summed E-state index contributed by atoms with van der Waals surface area (Å²) >= 11 is 1.01. The largest absolute Gasteiger partial charge is 0.488 e. The van der Waals surface area contributed by atoms with Crippen molar-refractivity contribution in [2.75, 3.05) is 31.1 Å². The molecule has 0 spiro atoms. The minimum atomic E-state index is -0.719. The number of aliphatic carboxylic acids is 1. The highest BCUT2D eigenvalue weighted by atomic mass is 32.1. The molecule has 2 bridgehead atoms. The standard InChI is InChI=1S/C32H36FN3O4S/c1-19-6-11-26(40-18-24-10-7-21(15-20(24)2)30(37)35-12-4-3-5-13-35)25(14-19)28-29(33)41-32(34-28)36-16-22-8-9-23(17-36)27(22)31(38)39/h6-7,10-11,14-15,22-23,27H,3-5,8-9,12-13,16-18H2,1-2H3,(H,38,39). The summed E-state index contributed by atoms with van der Waals surface area (Å²) in [5, 5.41) is 9.87. The maximum Gasteiger partial charge on any atom is 0.307 e. The molecule has 2 aromatic carbocycles. The molecule has 3 fully saturated rings. The number of piperidine rings is 2. The van der Waals surface area contributed by atoms with Crippen molar-refractivity contribution < 1.29 is 23.8 Å². The van der Waals surface area contributed by atoms with Gasteiger partial charge in [-0.25, -0.2) is 4.98 Å². The van der Waals surface area contributed by atoms with Crippen LogP contribution in [0.15, 0.2) is 36.4 Å². The summed E-state index contributed by atoms with van der Waals surface area (Å²) < 4.78 is 21.7. The third-order valence-electron chi connectivity index (χ3n) is 8.97. The Morgan fingerprint density at radius 3 is 2.46 bits per heavy atom. The van der Waals surface area contributed by atoms with Crippen LogP contribution in [0, 0.1) is 36.7 Å². The Bertz CT molecular complexity index is 1450. The Morgan fingerprint density at radius 2 is 1.78 bits per heavy atom. The Kier molecular flexibility index (Phi) is 7.72. The summed E-state index contributed by atoms with van der Waals surface area (Å²) in [6.45, 7) is 7.03. The average Bonchev–Trinajstić information content (AvgIpc) is 3.49. The molecule has 2 saturated heterocycles. The van der Waals surface area contributed by atoms with Crippen LogP contribution in [0.2, 0.25) is 0 Å². The number of halogens is 1. The fourth-order valence-electron chi connectivity index (χ4n) is 6.75. The first-order chi connectivity index (χ1) is 19.8. The molecule has 216 valence electrons. The number of benzene rings is 2. The van der Waals surface area contributed by atoms with E-state index in [-0.39, 0.29) is 41.1 Å². The van der Waals surface area contributed by atoms with Gasteiger partial charge in [0, 0.05) is 37.3 Å². The molecule has 1 amide bonds. The molecular weight excluding hydrogens is 541 g/mol. The van der Waals surface area contributed by atoms with Gasteiger partial charge < -0.3 is 19.6 Å². The van der Waals surface area contributed by atoms with Crippen LogP contribution in [0.4, 0.5) is 9.52 Å². The SMILES string of the molecule is Cc1ccc(OCc2ccc(C(=O)N3CCCCC3)cc2C)c(-c2nc(N3CC4CCC(C3)C4C(=O)O)sc2F)c1. The molecule has 3 aromatic rings. The zero-order chi connectivity index (χ0) is 28.7. The number of anilines is 1. The maximum absolute atomic E-state index is 15.4. The van der Waals surface area contributed by atoms with Crippen molar-refractivity contribution in [3.05, 3.63) is 63.8 Å². The van der Waals surface area contributed by atoms with E-state index in [2.05, 4.69) is 4.90 Å². The van der Waals surface area contributed by atoms with Crippen LogP contribution in [0.5, 0.6) is 5.75 Å². The summed E-state index contributed by atoms with van der Waals surface area (Å²) in [6.07, 6.45) is 5.07. The summed E-state index contributed by atoms with van der Waals surface area (Å²) in [7, 11) is 0. The van der Waals surface area contributed by atoms with Gasteiger partial charge in [-0.3, -0.25) is 9.59 Å². The van der Waals surface area contributed by atoms with Crippen molar-refractivity contribution in [2.24, 2.45) is 17.8 Å². The number of amides is 1. The molecule has 2 atom stereocenters. The molecule has 1 aliphatic carbocycles. The Morgan fingerprint density at radius 1 is 1.05 bits per heavy atom. The molecule has 1 aromatic heterocycles. The number of hydrogen-bond acceptors (Lipinski definition) is 6. The number of rotatable bonds is 7. The molecule has 9 heteroatoms. The second-order valence-electron chi connectivity index (χ2n) is 11.8. The third-order valence-corrected chi connectivity index (χ3v) is 9.87. The fraction of sp³-hybridized carbons (Fsp3) is 0.469. The van der Waals surface area contributed by atoms with Gasteiger partial charge in [-0.2, -0.15) is 4.39 Å². The zero-order valence-electron chi connectivity index (χ0n) is 23.6. The maximum atomic E-state index is 15.4. The highest BCUT2D eigenvalue weighted by Crippen LogP contribution is 2.45. The summed E-state index contributed by atoms with van der Waals surface area (Å²) in [4.78, 5) is 33.4. The van der Waals surface area contributed by atoms with E-state index in [1.807, 2.05) is 55.1 Å². The molecule has 2 unspecified atom stereocenters. The van der Waals surface area contributed by atoms with Crippen molar-refractivity contribution >= 4 is 28.3 Å². The Hall–Kier alpha value is -3.46. The van der Waals surface area contributed by atoms with E-state index in [9.17, 15) is 14.7 Å². The lowest BCUT2D eigenvalue weighted by molar-refractivity contribution is -0.144. The van der Waals surface area contributed by atoms with E-state index >= 15 is 4.39 Å². The quantitative estimate of drug-likeness (QED) is 0.354. The van der Waals surface area contributed by atoms with Crippen LogP contribution in [-0.4, -0.2) is 53.0 Å². The Balaban J connectivity index is 1.19. The van der Waals surface area contributed by atoms with Crippen LogP contribution in [0.1, 0.15) is 59.2 Å². The van der Waals surface area contributed by atoms with E-state index in [0.29, 0.717) is 35.1 Å². The number of fused-ring (bicyclic) bond motifs is 2. The van der Waals surface area contributed by atoms with Gasteiger partial charge in [-0.1, -0.05) is 29.0 Å². The van der Waals surface area contributed by atoms with Gasteiger partial charge in [-0.05, 0) is 93.2 Å². The first-order valence-electron chi connectivity index (χ1n) is 14.5. The van der Waals surface area contributed by atoms with Crippen LogP contribution in [0.3, 0.4) is 0 Å². The summed E-state index contributed by atoms with van der Waals surface area (Å²) in [5.74, 6) is -0.260. The smallest absolute Gasteiger partial charge is 0.307 e. The van der Waals surface area contributed by atoms with Gasteiger partial charge in [0.2, 0.25) is 5.13 Å². The van der Waals surface area contributed by atoms with Crippen molar-refractivity contribution in [3.8, 4) is 17.0 Å². The molecule has 2 aliphatic heterocycles. The molecule has 6 rings (SSSR count). The number of aryl methyl sites for hydroxylation is 2. The van der Waals surface area contributed by atoms with Gasteiger partial charge in [0.25, 0.3) is 5.91 Å². The van der Waals surface area contributed by atoms with Crippen molar-refractivity contribution in [2.45, 2.75) is 52.6 Å². The van der Waals surface area contributed by atoms with Crippen LogP contribution in [-0.2, 0) is 11.4 Å². The Labute approximate surface area is 244 Å². The topological polar surface area (TPSA) is 83.0 Å². The van der Waals surface area contributed by atoms with E-state index < -0.39 is 5.97 Å². The minimum absolute atomic E-state index is 0.0734. The molecule has 7 nitrogen and oxygen atoms in total. The van der Waals surface area contributed by atoms with Crippen molar-refractivity contribution in [3.63, 3.8) is 0 Å². The predicted octanol–water partition coefficient (Wildman–Crippen LogP) is 6.32. The van der Waals surface area contributed by atoms with E-state index in [0.717, 1.165) is 66.8 Å². The molecule has 3 heterocycles. The molecule has 1 N–H and O–H groups in total. The third kappa shape index (κ3) is 5.56. The van der Waals surface area contributed by atoms with E-state index in [4.69, 9.17) is 9.72 Å². The lowest BCUT2D eigenvalue weighted by Gasteiger charge is -2.35. The van der Waals surface area contributed by atoms with Crippen LogP contribution < -0.4 is 9.64 Å². The molecule has 0 radical (unpaired) electrons. The number of likely N-dealkylation sites (tertiary alicyclic amines) is 1. The molecule has 1 saturated carbocycles. The van der Waals surface area contributed by atoms with Crippen molar-refractivity contribution in [1.29, 1.82) is 0 Å². The van der Waals surface area contributed by atoms with Crippen LogP contribution in [0.25, 0.3) is 11.3 Å². The normalized spacial score (nSPS) is 22.2. The number of carbonyl (C=O) groups is 2. The highest BCUT2D eigenvalue weighted by Gasteiger charge is 2.46. The number of carboxylic acid groups (broad SMARTS) is 1. The molecular formula is C32H36FN3O4S. The summed E-state index contributed by atoms with van der Waals surface area (Å²) in [6, 6.07) is 11.4. The number of nitrogens with zero attached hydrogens (tertiary/aromatic N) is 3. The lowest BCUT2D eigenvalue weighted by Crippen LogP contribution is -2.44. The zero-order valence-corrected chi connectivity index (χ0v) is 24.4. The lowest BCUT2D eigenvalue weighted by atomic mass is 9.85. The van der Waals surface area contributed by atoms with Gasteiger partial charge in [0.15, 0.2) is 5.13 Å². The van der Waals surface area contributed by atoms with Crippen LogP contribution >= 0.6 is 11.3 Å². The van der Waals surface area contributed by atoms with Gasteiger partial charge in [0.05, 0.1) is 5.92 Å². The highest BCUT2D eigenvalue weighted by molar-refractivity contribution is 7.14. The molecule has 3 aliphatic rings. The fourth-order valence-corrected chi connectivity index (χ4v) is 7.58. The number of carbonyl (C=O) groups excluding carboxylic acids is 1. The predicted molar refractivity (Wildman–Crippen MR) is 157 cm³/mol. The number of ether oxygens (including phenoxy) is 1. The van der Waals surface area contributed by atoms with E-state index in [1.54, 1.807) is 0 Å². The number of aromatic nitrogens is 1. The number of hydrogen-bond donors (Lipinski definition) is 1. The summed E-state index contributed by atoms with van der Waals surface area (Å²) in [5.41, 5.74) is 4.46. The minimum Gasteiger partial charge on any atom is -0.488 e. The molecule has 41 heavy (non-hydrogen) atoms. The van der Waals surface area contributed by atoms with Gasteiger partial charge in [0.1, 0.15) is 18.1 Å². The number of thiazole rings is 1. The average molecular weight is 578 g/mol. The number of carboxylic acids is 1. The first-order valence-corrected chi connectivity index (χ1v) is 15.4. The first kappa shape index (κ1) is 27.7. The second-order valence-corrected chi connectivity index (χ2v) is 12.7. The monoisotopic (exact) mass is 577 g/mol. The van der Waals surface area contributed by atoms with Gasteiger partial charge >= 0.3 is 5.97 Å².